The molecular weight excluding hydrogens is 472 g/mol. The molecular formula is C29H32N2O4S. The van der Waals surface area contributed by atoms with E-state index in [0.717, 1.165) is 36.9 Å². The number of rotatable bonds is 9. The summed E-state index contributed by atoms with van der Waals surface area (Å²) in [7, 11) is -4.25. The largest absolute Gasteiger partial charge is 0.344 e. The van der Waals surface area contributed by atoms with Gasteiger partial charge in [0.15, 0.2) is 0 Å². The molecule has 0 bridgehead atoms. The van der Waals surface area contributed by atoms with Gasteiger partial charge in [-0.05, 0) is 74.2 Å². The van der Waals surface area contributed by atoms with E-state index >= 15 is 0 Å². The smallest absolute Gasteiger partial charge is 0.294 e. The number of fused-ring (bicyclic) bond motifs is 2. The van der Waals surface area contributed by atoms with E-state index in [2.05, 4.69) is 54.1 Å². The van der Waals surface area contributed by atoms with Crippen molar-refractivity contribution in [3.8, 4) is 0 Å². The van der Waals surface area contributed by atoms with Gasteiger partial charge < -0.3 is 9.69 Å². The minimum Gasteiger partial charge on any atom is -0.344 e. The highest BCUT2D eigenvalue weighted by atomic mass is 32.2. The fourth-order valence-corrected chi connectivity index (χ4v) is 5.76. The molecule has 0 aliphatic carbocycles. The maximum atomic E-state index is 11.5. The lowest BCUT2D eigenvalue weighted by atomic mass is 9.77. The van der Waals surface area contributed by atoms with Crippen LogP contribution in [0.2, 0.25) is 0 Å². The van der Waals surface area contributed by atoms with Crippen LogP contribution >= 0.6 is 0 Å². The van der Waals surface area contributed by atoms with Crippen LogP contribution in [0.3, 0.4) is 0 Å². The van der Waals surface area contributed by atoms with Gasteiger partial charge in [0.2, 0.25) is 0 Å². The number of hydrogen-bond donors (Lipinski definition) is 1. The third-order valence-corrected chi connectivity index (χ3v) is 8.01. The first kappa shape index (κ1) is 25.8. The summed E-state index contributed by atoms with van der Waals surface area (Å²) in [5.41, 5.74) is 5.90. The van der Waals surface area contributed by atoms with Crippen LogP contribution in [0.15, 0.2) is 88.4 Å². The van der Waals surface area contributed by atoms with Crippen molar-refractivity contribution in [1.82, 2.24) is 0 Å². The predicted octanol–water partition coefficient (Wildman–Crippen LogP) is 6.29. The molecule has 2 aromatic rings. The zero-order valence-corrected chi connectivity index (χ0v) is 21.7. The van der Waals surface area contributed by atoms with Crippen molar-refractivity contribution in [3.05, 3.63) is 89.7 Å². The summed E-state index contributed by atoms with van der Waals surface area (Å²) in [4.78, 5) is 17.8. The van der Waals surface area contributed by atoms with E-state index in [-0.39, 0.29) is 16.2 Å². The lowest BCUT2D eigenvalue weighted by molar-refractivity contribution is -0.107. The fourth-order valence-electron chi connectivity index (χ4n) is 5.24. The number of carbonyl (C=O) groups excluding carboxylic acids is 1. The summed E-state index contributed by atoms with van der Waals surface area (Å²) in [5, 5.41) is 0. The molecule has 0 unspecified atom stereocenters. The number of para-hydroxylation sites is 1. The quantitative estimate of drug-likeness (QED) is 0.188. The second kappa shape index (κ2) is 10.4. The number of aldehydes is 1. The Kier molecular flexibility index (Phi) is 7.43. The number of allylic oxidation sites excluding steroid dienone is 6. The molecule has 0 saturated carbocycles. The number of anilines is 1. The summed E-state index contributed by atoms with van der Waals surface area (Å²) in [6, 6.07) is 13.0. The van der Waals surface area contributed by atoms with Crippen molar-refractivity contribution in [3.63, 3.8) is 0 Å². The van der Waals surface area contributed by atoms with Gasteiger partial charge in [-0.3, -0.25) is 9.55 Å². The standard InChI is InChI=1S/C29H32N2O4S/c1-4-31-27-14-9-8-12-24(27)29(3,18-10-11-19-32)28(31)15-7-5-6-13-25-21(2)23-20-22(36(33,34)35)16-17-26(23)30-25/h5-9,12-17,19-21H,4,10-11,18H2,1-3H3,(H,33,34,35)/b7-5+,13-6+,28-15+/t21-,29-/m0/s1. The number of hydrogen-bond acceptors (Lipinski definition) is 5. The molecule has 1 N–H and O–H groups in total. The molecule has 0 amide bonds. The van der Waals surface area contributed by atoms with E-state index in [1.54, 1.807) is 6.07 Å². The number of aliphatic imine (C=N–C) groups is 1. The van der Waals surface area contributed by atoms with Gasteiger partial charge in [-0.1, -0.05) is 43.4 Å². The summed E-state index contributed by atoms with van der Waals surface area (Å²) in [6.07, 6.45) is 13.3. The van der Waals surface area contributed by atoms with Crippen LogP contribution < -0.4 is 4.90 Å². The van der Waals surface area contributed by atoms with Crippen LogP contribution in [0, 0.1) is 0 Å². The SMILES string of the molecule is CCN1/C(=C/C=C/C=C/C2=Nc3ccc(S(=O)(=O)O)cc3[C@@H]2C)[C@@](C)(CCCC=O)c2ccccc21. The first-order chi connectivity index (χ1) is 17.2. The number of benzene rings is 2. The first-order valence-corrected chi connectivity index (χ1v) is 13.7. The summed E-state index contributed by atoms with van der Waals surface area (Å²) in [5.74, 6) is -0.0780. The zero-order valence-electron chi connectivity index (χ0n) is 20.9. The molecule has 2 heterocycles. The number of likely N-dealkylation sites (N-methyl/N-ethyl adjacent to an activating group) is 1. The van der Waals surface area contributed by atoms with Gasteiger partial charge in [0.05, 0.1) is 10.6 Å². The van der Waals surface area contributed by atoms with E-state index in [9.17, 15) is 17.8 Å². The predicted molar refractivity (Wildman–Crippen MR) is 145 cm³/mol. The molecule has 2 aromatic carbocycles. The number of nitrogens with zero attached hydrogens (tertiary/aromatic N) is 2. The Balaban J connectivity index is 1.54. The van der Waals surface area contributed by atoms with Crippen molar-refractivity contribution in [2.24, 2.45) is 4.99 Å². The summed E-state index contributed by atoms with van der Waals surface area (Å²) < 4.78 is 32.3. The van der Waals surface area contributed by atoms with Gasteiger partial charge in [0.1, 0.15) is 6.29 Å². The van der Waals surface area contributed by atoms with E-state index in [0.29, 0.717) is 12.1 Å². The molecule has 36 heavy (non-hydrogen) atoms. The highest BCUT2D eigenvalue weighted by Crippen LogP contribution is 2.50. The van der Waals surface area contributed by atoms with E-state index in [1.165, 1.54) is 29.1 Å². The highest BCUT2D eigenvalue weighted by molar-refractivity contribution is 7.85. The molecule has 6 nitrogen and oxygen atoms in total. The molecule has 2 aliphatic rings. The molecule has 0 spiro atoms. The van der Waals surface area contributed by atoms with Crippen LogP contribution in [0.5, 0.6) is 0 Å². The minimum absolute atomic E-state index is 0.0780. The average molecular weight is 505 g/mol. The maximum Gasteiger partial charge on any atom is 0.294 e. The first-order valence-electron chi connectivity index (χ1n) is 12.3. The Bertz CT molecular complexity index is 1390. The molecule has 4 rings (SSSR count). The van der Waals surface area contributed by atoms with Crippen LogP contribution in [0.25, 0.3) is 0 Å². The van der Waals surface area contributed by atoms with E-state index in [1.807, 2.05) is 31.2 Å². The van der Waals surface area contributed by atoms with Gasteiger partial charge in [0.25, 0.3) is 10.1 Å². The molecule has 0 fully saturated rings. The van der Waals surface area contributed by atoms with Gasteiger partial charge >= 0.3 is 0 Å². The monoisotopic (exact) mass is 504 g/mol. The van der Waals surface area contributed by atoms with Crippen LogP contribution in [0.4, 0.5) is 11.4 Å². The van der Waals surface area contributed by atoms with Crippen LogP contribution in [-0.2, 0) is 20.3 Å². The molecule has 7 heteroatoms. The lowest BCUT2D eigenvalue weighted by Gasteiger charge is -2.29. The second-order valence-electron chi connectivity index (χ2n) is 9.40. The third kappa shape index (κ3) is 4.86. The zero-order chi connectivity index (χ0) is 25.9. The number of unbranched alkanes of at least 4 members (excludes halogenated alkanes) is 1. The van der Waals surface area contributed by atoms with Crippen molar-refractivity contribution in [2.45, 2.75) is 56.3 Å². The Hall–Kier alpha value is -3.29. The van der Waals surface area contributed by atoms with Gasteiger partial charge in [-0.2, -0.15) is 8.42 Å². The Morgan fingerprint density at radius 1 is 1.14 bits per heavy atom. The third-order valence-electron chi connectivity index (χ3n) is 7.16. The van der Waals surface area contributed by atoms with Gasteiger partial charge in [-0.15, -0.1) is 0 Å². The van der Waals surface area contributed by atoms with E-state index < -0.39 is 10.1 Å². The second-order valence-corrected chi connectivity index (χ2v) is 10.8. The highest BCUT2D eigenvalue weighted by Gasteiger charge is 2.42. The topological polar surface area (TPSA) is 87.0 Å². The molecule has 0 aromatic heterocycles. The van der Waals surface area contributed by atoms with Crippen molar-refractivity contribution in [1.29, 1.82) is 0 Å². The Morgan fingerprint density at radius 3 is 2.64 bits per heavy atom. The average Bonchev–Trinajstić information content (AvgIpc) is 3.29. The van der Waals surface area contributed by atoms with Crippen LogP contribution in [0.1, 0.15) is 57.1 Å². The molecule has 0 radical (unpaired) electrons. The molecule has 2 atom stereocenters. The maximum absolute atomic E-state index is 11.5. The summed E-state index contributed by atoms with van der Waals surface area (Å²) in [6.45, 7) is 7.23. The summed E-state index contributed by atoms with van der Waals surface area (Å²) >= 11 is 0. The molecule has 2 aliphatic heterocycles. The minimum atomic E-state index is -4.25. The van der Waals surface area contributed by atoms with Gasteiger partial charge in [-0.25, -0.2) is 0 Å². The van der Waals surface area contributed by atoms with Gasteiger partial charge in [0, 0.05) is 41.4 Å². The van der Waals surface area contributed by atoms with E-state index in [4.69, 9.17) is 0 Å². The molecule has 188 valence electrons. The normalized spacial score (nSPS) is 22.4. The fraction of sp³-hybridized carbons (Fsp3) is 0.310. The molecule has 0 saturated heterocycles. The van der Waals surface area contributed by atoms with Crippen molar-refractivity contribution in [2.75, 3.05) is 11.4 Å². The van der Waals surface area contributed by atoms with Crippen LogP contribution in [-0.4, -0.2) is 31.5 Å². The van der Waals surface area contributed by atoms with Crippen molar-refractivity contribution >= 4 is 33.5 Å². The van der Waals surface area contributed by atoms with Crippen molar-refractivity contribution < 1.29 is 17.8 Å². The number of carbonyl (C=O) groups is 1. The lowest BCUT2D eigenvalue weighted by Crippen LogP contribution is -2.28. The Morgan fingerprint density at radius 2 is 1.92 bits per heavy atom. The Labute approximate surface area is 213 Å².